The number of carboxylic acid groups (broad SMARTS) is 1. The van der Waals surface area contributed by atoms with Gasteiger partial charge in [-0.3, -0.25) is 9.59 Å². The van der Waals surface area contributed by atoms with E-state index in [1.54, 1.807) is 0 Å². The number of ether oxygens (including phenoxy) is 1. The molecule has 5 nitrogen and oxygen atoms in total. The Balaban J connectivity index is 1.75. The average molecular weight is 227 g/mol. The Morgan fingerprint density at radius 3 is 2.75 bits per heavy atom. The molecule has 16 heavy (non-hydrogen) atoms. The third kappa shape index (κ3) is 2.35. The zero-order valence-corrected chi connectivity index (χ0v) is 9.36. The first-order chi connectivity index (χ1) is 7.52. The predicted octanol–water partition coefficient (Wildman–Crippen LogP) is 0.392. The van der Waals surface area contributed by atoms with E-state index in [-0.39, 0.29) is 17.4 Å². The third-order valence-corrected chi connectivity index (χ3v) is 3.38. The molecule has 3 atom stereocenters. The normalized spacial score (nSPS) is 37.1. The van der Waals surface area contributed by atoms with E-state index in [1.165, 1.54) is 0 Å². The summed E-state index contributed by atoms with van der Waals surface area (Å²) in [7, 11) is 0. The van der Waals surface area contributed by atoms with E-state index in [4.69, 9.17) is 9.84 Å². The molecule has 0 aromatic rings. The topological polar surface area (TPSA) is 75.6 Å². The molecule has 90 valence electrons. The Hall–Kier alpha value is -1.10. The van der Waals surface area contributed by atoms with Gasteiger partial charge in [0.25, 0.3) is 0 Å². The van der Waals surface area contributed by atoms with Crippen LogP contribution in [0.1, 0.15) is 26.2 Å². The summed E-state index contributed by atoms with van der Waals surface area (Å²) in [6.07, 6.45) is 2.44. The van der Waals surface area contributed by atoms with Crippen molar-refractivity contribution in [3.8, 4) is 0 Å². The maximum absolute atomic E-state index is 11.6. The van der Waals surface area contributed by atoms with E-state index in [0.29, 0.717) is 13.0 Å². The van der Waals surface area contributed by atoms with Crippen molar-refractivity contribution in [2.75, 3.05) is 13.2 Å². The molecule has 1 saturated carbocycles. The highest BCUT2D eigenvalue weighted by Crippen LogP contribution is 2.38. The van der Waals surface area contributed by atoms with E-state index in [9.17, 15) is 9.59 Å². The number of amides is 1. The van der Waals surface area contributed by atoms with E-state index >= 15 is 0 Å². The number of carbonyl (C=O) groups is 2. The minimum atomic E-state index is -0.872. The molecule has 0 spiro atoms. The largest absolute Gasteiger partial charge is 0.481 e. The zero-order chi connectivity index (χ0) is 11.8. The Bertz CT molecular complexity index is 309. The van der Waals surface area contributed by atoms with Crippen LogP contribution in [0.25, 0.3) is 0 Å². The second-order valence-electron chi connectivity index (χ2n) is 4.91. The van der Waals surface area contributed by atoms with Gasteiger partial charge in [-0.15, -0.1) is 0 Å². The molecule has 1 aliphatic heterocycles. The predicted molar refractivity (Wildman–Crippen MR) is 55.8 cm³/mol. The standard InChI is InChI=1S/C11H17NO4/c1-11(3-2-4-16-11)6-12-9(13)7-5-8(7)10(14)15/h7-8H,2-6H2,1H3,(H,12,13)(H,14,15). The van der Waals surface area contributed by atoms with Crippen molar-refractivity contribution >= 4 is 11.9 Å². The summed E-state index contributed by atoms with van der Waals surface area (Å²) in [5.41, 5.74) is -0.261. The second-order valence-corrected chi connectivity index (χ2v) is 4.91. The van der Waals surface area contributed by atoms with Crippen LogP contribution in [0.4, 0.5) is 0 Å². The summed E-state index contributed by atoms with van der Waals surface area (Å²) in [6, 6.07) is 0. The number of hydrogen-bond acceptors (Lipinski definition) is 3. The molecule has 5 heteroatoms. The smallest absolute Gasteiger partial charge is 0.307 e. The molecule has 1 saturated heterocycles. The van der Waals surface area contributed by atoms with Crippen molar-refractivity contribution in [1.82, 2.24) is 5.32 Å². The Morgan fingerprint density at radius 2 is 2.25 bits per heavy atom. The summed E-state index contributed by atoms with van der Waals surface area (Å²) in [5, 5.41) is 11.5. The quantitative estimate of drug-likeness (QED) is 0.728. The molecule has 0 bridgehead atoms. The molecular weight excluding hydrogens is 210 g/mol. The Morgan fingerprint density at radius 1 is 1.50 bits per heavy atom. The molecule has 2 aliphatic rings. The van der Waals surface area contributed by atoms with Crippen LogP contribution in [0.3, 0.4) is 0 Å². The lowest BCUT2D eigenvalue weighted by molar-refractivity contribution is -0.140. The molecule has 0 radical (unpaired) electrons. The molecule has 3 unspecified atom stereocenters. The first-order valence-corrected chi connectivity index (χ1v) is 5.66. The summed E-state index contributed by atoms with van der Waals surface area (Å²) >= 11 is 0. The fourth-order valence-electron chi connectivity index (χ4n) is 2.14. The van der Waals surface area contributed by atoms with Gasteiger partial charge in [0, 0.05) is 13.2 Å². The van der Waals surface area contributed by atoms with Gasteiger partial charge < -0.3 is 15.2 Å². The lowest BCUT2D eigenvalue weighted by atomic mass is 10.0. The first kappa shape index (κ1) is 11.4. The van der Waals surface area contributed by atoms with Crippen LogP contribution in [0.2, 0.25) is 0 Å². The van der Waals surface area contributed by atoms with Crippen molar-refractivity contribution in [2.45, 2.75) is 31.8 Å². The van der Waals surface area contributed by atoms with Gasteiger partial charge in [0.1, 0.15) is 0 Å². The number of aliphatic carboxylic acids is 1. The van der Waals surface area contributed by atoms with Crippen LogP contribution in [0.5, 0.6) is 0 Å². The summed E-state index contributed by atoms with van der Waals surface area (Å²) in [4.78, 5) is 22.2. The van der Waals surface area contributed by atoms with E-state index in [2.05, 4.69) is 5.32 Å². The summed E-state index contributed by atoms with van der Waals surface area (Å²) in [6.45, 7) is 3.20. The minimum Gasteiger partial charge on any atom is -0.481 e. The van der Waals surface area contributed by atoms with Crippen molar-refractivity contribution in [3.63, 3.8) is 0 Å². The highest BCUT2D eigenvalue weighted by molar-refractivity contribution is 5.89. The molecule has 1 amide bonds. The molecule has 2 N–H and O–H groups in total. The van der Waals surface area contributed by atoms with Gasteiger partial charge in [0.05, 0.1) is 17.4 Å². The van der Waals surface area contributed by atoms with Crippen molar-refractivity contribution < 1.29 is 19.4 Å². The SMILES string of the molecule is CC1(CNC(=O)C2CC2C(=O)O)CCCO1. The first-order valence-electron chi connectivity index (χ1n) is 5.66. The van der Waals surface area contributed by atoms with Gasteiger partial charge in [-0.05, 0) is 26.2 Å². The number of carbonyl (C=O) groups excluding carboxylic acids is 1. The number of hydrogen-bond donors (Lipinski definition) is 2. The number of rotatable bonds is 4. The van der Waals surface area contributed by atoms with E-state index in [0.717, 1.165) is 19.4 Å². The number of nitrogens with one attached hydrogen (secondary N) is 1. The molecule has 0 aromatic carbocycles. The molecule has 0 aromatic heterocycles. The monoisotopic (exact) mass is 227 g/mol. The third-order valence-electron chi connectivity index (χ3n) is 3.38. The van der Waals surface area contributed by atoms with Crippen LogP contribution in [0, 0.1) is 11.8 Å². The Kier molecular flexibility index (Phi) is 2.88. The lowest BCUT2D eigenvalue weighted by Gasteiger charge is -2.23. The van der Waals surface area contributed by atoms with Gasteiger partial charge >= 0.3 is 5.97 Å². The molecule has 1 aliphatic carbocycles. The van der Waals surface area contributed by atoms with Crippen LogP contribution in [0.15, 0.2) is 0 Å². The van der Waals surface area contributed by atoms with Gasteiger partial charge in [-0.2, -0.15) is 0 Å². The van der Waals surface area contributed by atoms with Crippen LogP contribution in [-0.2, 0) is 14.3 Å². The minimum absolute atomic E-state index is 0.149. The highest BCUT2D eigenvalue weighted by Gasteiger charge is 2.48. The molecule has 2 rings (SSSR count). The number of carboxylic acids is 1. The molecule has 2 fully saturated rings. The van der Waals surface area contributed by atoms with Gasteiger partial charge in [-0.25, -0.2) is 0 Å². The molecule has 1 heterocycles. The van der Waals surface area contributed by atoms with E-state index in [1.807, 2.05) is 6.92 Å². The average Bonchev–Trinajstić information content (AvgIpc) is 2.93. The van der Waals surface area contributed by atoms with Crippen LogP contribution < -0.4 is 5.32 Å². The summed E-state index contributed by atoms with van der Waals surface area (Å²) < 4.78 is 5.53. The van der Waals surface area contributed by atoms with Crippen molar-refractivity contribution in [2.24, 2.45) is 11.8 Å². The van der Waals surface area contributed by atoms with Gasteiger partial charge in [0.2, 0.25) is 5.91 Å². The highest BCUT2D eigenvalue weighted by atomic mass is 16.5. The van der Waals surface area contributed by atoms with Crippen molar-refractivity contribution in [1.29, 1.82) is 0 Å². The van der Waals surface area contributed by atoms with Gasteiger partial charge in [-0.1, -0.05) is 0 Å². The zero-order valence-electron chi connectivity index (χ0n) is 9.36. The fraction of sp³-hybridized carbons (Fsp3) is 0.818. The summed E-state index contributed by atoms with van der Waals surface area (Å²) in [5.74, 6) is -1.83. The van der Waals surface area contributed by atoms with Gasteiger partial charge in [0.15, 0.2) is 0 Å². The second kappa shape index (κ2) is 4.05. The Labute approximate surface area is 94.2 Å². The van der Waals surface area contributed by atoms with Crippen LogP contribution in [-0.4, -0.2) is 35.7 Å². The fourth-order valence-corrected chi connectivity index (χ4v) is 2.14. The molecular formula is C11H17NO4. The van der Waals surface area contributed by atoms with Crippen molar-refractivity contribution in [3.05, 3.63) is 0 Å². The lowest BCUT2D eigenvalue weighted by Crippen LogP contribution is -2.41. The maximum Gasteiger partial charge on any atom is 0.307 e. The maximum atomic E-state index is 11.6. The van der Waals surface area contributed by atoms with E-state index < -0.39 is 11.9 Å². The van der Waals surface area contributed by atoms with Crippen LogP contribution >= 0.6 is 0 Å².